The van der Waals surface area contributed by atoms with Gasteiger partial charge < -0.3 is 23.8 Å². The van der Waals surface area contributed by atoms with Crippen molar-refractivity contribution in [2.45, 2.75) is 86.8 Å². The predicted octanol–water partition coefficient (Wildman–Crippen LogP) is -4.26. The molecular weight excluding hydrogens is 862 g/mol. The fourth-order valence-corrected chi connectivity index (χ4v) is 9.46. The first-order valence-electron chi connectivity index (χ1n) is 17.6. The normalized spacial score (nSPS) is 18.6. The number of nitrogens with zero attached hydrogens (tertiary/aromatic N) is 2. The summed E-state index contributed by atoms with van der Waals surface area (Å²) < 4.78 is 110. The fourth-order valence-electron chi connectivity index (χ4n) is 7.45. The van der Waals surface area contributed by atoms with Gasteiger partial charge in [-0.1, -0.05) is 32.1 Å². The third-order valence-corrected chi connectivity index (χ3v) is 13.2. The Bertz CT molecular complexity index is 2320. The summed E-state index contributed by atoms with van der Waals surface area (Å²) in [5, 5.41) is 14.0. The Hall–Kier alpha value is -0.170. The first-order valence-corrected chi connectivity index (χ1v) is 22.9. The smallest absolute Gasteiger partial charge is 0.748 e. The van der Waals surface area contributed by atoms with E-state index in [0.29, 0.717) is 42.1 Å². The first kappa shape index (κ1) is 54.0. The van der Waals surface area contributed by atoms with E-state index in [1.807, 2.05) is 55.2 Å². The Kier molecular flexibility index (Phi) is 20.4. The zero-order valence-corrected chi connectivity index (χ0v) is 43.1. The molecule has 0 atom stereocenters. The van der Waals surface area contributed by atoms with Crippen LogP contribution in [0.1, 0.15) is 77.3 Å². The number of benzene rings is 2. The van der Waals surface area contributed by atoms with Crippen LogP contribution in [-0.2, 0) is 50.6 Å². The van der Waals surface area contributed by atoms with E-state index >= 15 is 0 Å². The van der Waals surface area contributed by atoms with E-state index in [0.717, 1.165) is 58.7 Å². The van der Waals surface area contributed by atoms with E-state index in [-0.39, 0.29) is 106 Å². The molecule has 0 saturated carbocycles. The van der Waals surface area contributed by atoms with E-state index in [4.69, 9.17) is 0 Å². The van der Waals surface area contributed by atoms with Gasteiger partial charge in [-0.05, 0) is 99.1 Å². The van der Waals surface area contributed by atoms with Gasteiger partial charge in [0.2, 0.25) is 5.69 Å². The average molecular weight is 905 g/mol. The van der Waals surface area contributed by atoms with Crippen molar-refractivity contribution in [3.63, 3.8) is 0 Å². The molecule has 0 bridgehead atoms. The van der Waals surface area contributed by atoms with Gasteiger partial charge in [0.1, 0.15) is 16.7 Å². The maximum Gasteiger partial charge on any atom is 1.00 e. The second kappa shape index (κ2) is 22.0. The topological polar surface area (TPSA) is 219 Å². The van der Waals surface area contributed by atoms with Crippen molar-refractivity contribution in [1.82, 2.24) is 0 Å². The molecule has 0 saturated heterocycles. The molecule has 300 valence electrons. The van der Waals surface area contributed by atoms with Gasteiger partial charge in [0.15, 0.2) is 5.71 Å². The zero-order chi connectivity index (χ0) is 40.4. The van der Waals surface area contributed by atoms with E-state index in [1.165, 1.54) is 12.1 Å². The summed E-state index contributed by atoms with van der Waals surface area (Å²) in [7, 11) is -13.4. The largest absolute Gasteiger partial charge is 1.00 e. The van der Waals surface area contributed by atoms with Crippen LogP contribution in [0.5, 0.6) is 0 Å². The van der Waals surface area contributed by atoms with Gasteiger partial charge in [0, 0.05) is 63.9 Å². The average Bonchev–Trinajstić information content (AvgIpc) is 3.69. The van der Waals surface area contributed by atoms with Gasteiger partial charge in [0.25, 0.3) is 0 Å². The quantitative estimate of drug-likeness (QED) is 0.0280. The van der Waals surface area contributed by atoms with Crippen molar-refractivity contribution in [3.8, 4) is 0 Å². The van der Waals surface area contributed by atoms with Crippen LogP contribution < -0.4 is 98.8 Å². The van der Waals surface area contributed by atoms with E-state index < -0.39 is 52.7 Å². The molecule has 0 unspecified atom stereocenters. The molecule has 58 heavy (non-hydrogen) atoms. The number of unbranched alkanes of at least 4 members (excludes halogenated alkanes) is 2. The monoisotopic (exact) mass is 904 g/mol. The zero-order valence-electron chi connectivity index (χ0n) is 33.8. The molecule has 3 aliphatic rings. The molecule has 0 radical (unpaired) electrons. The van der Waals surface area contributed by atoms with Crippen molar-refractivity contribution in [2.24, 2.45) is 0 Å². The first-order chi connectivity index (χ1) is 25.6. The molecule has 2 aromatic rings. The van der Waals surface area contributed by atoms with E-state index in [2.05, 4.69) is 33.9 Å². The molecule has 1 aliphatic carbocycles. The summed E-state index contributed by atoms with van der Waals surface area (Å²) in [6.07, 6.45) is 12.8. The number of allylic oxidation sites excluding steroid dienone is 8. The molecule has 0 aromatic heterocycles. The predicted molar refractivity (Wildman–Crippen MR) is 202 cm³/mol. The molecule has 14 nitrogen and oxygen atoms in total. The molecule has 0 amide bonds. The SMILES string of the molecule is CC1(C)C(C=CC2=CC(=C/C=C3/N(CCCCS(=O)(=O)[O-])c4ccc(S(=O)(=O)[O-])cc4C3(C)C)CC2)=[N+](CCCCS(=O)(=O)[O-])c2ccc(SOO[O-])cc21.[Na+].[Na+].[Na+]. The van der Waals surface area contributed by atoms with Crippen LogP contribution >= 0.6 is 12.0 Å². The van der Waals surface area contributed by atoms with Gasteiger partial charge in [-0.25, -0.2) is 25.3 Å². The van der Waals surface area contributed by atoms with Crippen LogP contribution in [-0.4, -0.2) is 73.8 Å². The summed E-state index contributed by atoms with van der Waals surface area (Å²) in [6.45, 7) is 8.82. The Morgan fingerprint density at radius 3 is 2.07 bits per heavy atom. The van der Waals surface area contributed by atoms with Crippen molar-refractivity contribution in [3.05, 3.63) is 94.7 Å². The molecule has 0 spiro atoms. The summed E-state index contributed by atoms with van der Waals surface area (Å²) in [5.74, 6) is -0.938. The third kappa shape index (κ3) is 13.7. The molecule has 2 aliphatic heterocycles. The second-order valence-corrected chi connectivity index (χ2v) is 20.0. The maximum atomic E-state index is 11.9. The number of hydrogen-bond acceptors (Lipinski definition) is 14. The van der Waals surface area contributed by atoms with Crippen LogP contribution in [0.25, 0.3) is 0 Å². The Morgan fingerprint density at radius 2 is 1.45 bits per heavy atom. The van der Waals surface area contributed by atoms with Crippen molar-refractivity contribution in [2.75, 3.05) is 29.5 Å². The van der Waals surface area contributed by atoms with Crippen molar-refractivity contribution < 1.29 is 147 Å². The minimum Gasteiger partial charge on any atom is -0.748 e. The number of fused-ring (bicyclic) bond motifs is 2. The number of hydrogen-bond donors (Lipinski definition) is 0. The summed E-state index contributed by atoms with van der Waals surface area (Å²) in [5.41, 5.74) is 5.90. The Labute approximate surface area is 412 Å². The number of anilines is 1. The Morgan fingerprint density at radius 1 is 0.793 bits per heavy atom. The van der Waals surface area contributed by atoms with Gasteiger partial charge in [-0.3, -0.25) is 5.04 Å². The summed E-state index contributed by atoms with van der Waals surface area (Å²) in [6, 6.07) is 9.85. The van der Waals surface area contributed by atoms with Crippen LogP contribution in [0.4, 0.5) is 11.4 Å². The van der Waals surface area contributed by atoms with Gasteiger partial charge in [-0.15, -0.1) is 0 Å². The molecule has 2 aromatic carbocycles. The standard InChI is InChI=1S/C37H46N2O12S4.3Na/c1-36(2)30-24-28(52-51-50-40)13-15-32(30)38(19-5-7-21-53(41,42)43)34(36)17-11-26-9-10-27(23-26)12-18-35-37(3,4)31-25-29(55(47,48)49)14-16-33(31)39(35)20-6-8-22-54(44,45)46;;;/h11-18,23-25H,5-10,19-22H2,1-4H3,(H3-,40,41,42,43,44,45,46,47,48,49);;;/q;3*+1/p-3. The molecule has 0 N–H and O–H groups in total. The fraction of sp³-hybridized carbons (Fsp3) is 0.432. The molecule has 21 heteroatoms. The molecule has 0 fully saturated rings. The maximum absolute atomic E-state index is 11.9. The van der Waals surface area contributed by atoms with Gasteiger partial charge >= 0.3 is 88.7 Å². The Balaban J connectivity index is 0.00000387. The minimum atomic E-state index is -4.71. The van der Waals surface area contributed by atoms with Crippen LogP contribution in [0.3, 0.4) is 0 Å². The van der Waals surface area contributed by atoms with Crippen molar-refractivity contribution >= 4 is 59.5 Å². The van der Waals surface area contributed by atoms with Crippen LogP contribution in [0.2, 0.25) is 0 Å². The minimum absolute atomic E-state index is 0. The van der Waals surface area contributed by atoms with Gasteiger partial charge in [0.05, 0.1) is 42.6 Å². The van der Waals surface area contributed by atoms with Crippen LogP contribution in [0.15, 0.2) is 93.4 Å². The summed E-state index contributed by atoms with van der Waals surface area (Å²) in [4.78, 5) is 2.30. The number of rotatable bonds is 17. The van der Waals surface area contributed by atoms with Crippen LogP contribution in [0, 0.1) is 0 Å². The third-order valence-electron chi connectivity index (χ3n) is 10.2. The molecular formula is C37H43N2Na3O12S4. The molecule has 5 rings (SSSR count). The molecule has 2 heterocycles. The second-order valence-electron chi connectivity index (χ2n) is 14.8. The van der Waals surface area contributed by atoms with E-state index in [1.54, 1.807) is 12.1 Å². The van der Waals surface area contributed by atoms with E-state index in [9.17, 15) is 44.2 Å². The van der Waals surface area contributed by atoms with Crippen molar-refractivity contribution in [1.29, 1.82) is 0 Å². The summed E-state index contributed by atoms with van der Waals surface area (Å²) >= 11 is 0.790. The van der Waals surface area contributed by atoms with Gasteiger partial charge in [-0.2, -0.15) is 8.91 Å².